The van der Waals surface area contributed by atoms with Crippen LogP contribution in [0.25, 0.3) is 0 Å². The number of benzene rings is 1. The summed E-state index contributed by atoms with van der Waals surface area (Å²) in [6, 6.07) is 7.81. The average molecular weight is 265 g/mol. The second kappa shape index (κ2) is 9.39. The first kappa shape index (κ1) is 15.5. The van der Waals surface area contributed by atoms with Crippen molar-refractivity contribution in [3.05, 3.63) is 29.8 Å². The molecule has 0 amide bonds. The van der Waals surface area contributed by atoms with Crippen LogP contribution in [0.3, 0.4) is 0 Å². The minimum Gasteiger partial charge on any atom is -0.494 e. The van der Waals surface area contributed by atoms with Gasteiger partial charge in [-0.1, -0.05) is 12.1 Å². The van der Waals surface area contributed by atoms with Crippen molar-refractivity contribution in [3.8, 4) is 5.75 Å². The molecule has 0 saturated heterocycles. The maximum atomic E-state index is 11.1. The van der Waals surface area contributed by atoms with Crippen LogP contribution in [-0.2, 0) is 16.1 Å². The number of hydrogen-bond donors (Lipinski definition) is 1. The third-order valence-corrected chi connectivity index (χ3v) is 2.73. The van der Waals surface area contributed by atoms with Gasteiger partial charge < -0.3 is 15.2 Å². The highest BCUT2D eigenvalue weighted by atomic mass is 16.5. The summed E-state index contributed by atoms with van der Waals surface area (Å²) >= 11 is 0. The van der Waals surface area contributed by atoms with Crippen LogP contribution in [0.1, 0.15) is 38.2 Å². The number of ether oxygens (including phenoxy) is 2. The smallest absolute Gasteiger partial charge is 0.305 e. The summed E-state index contributed by atoms with van der Waals surface area (Å²) in [5.74, 6) is 0.743. The van der Waals surface area contributed by atoms with Crippen molar-refractivity contribution in [2.45, 2.75) is 39.2 Å². The maximum Gasteiger partial charge on any atom is 0.305 e. The molecule has 4 heteroatoms. The van der Waals surface area contributed by atoms with Gasteiger partial charge in [-0.2, -0.15) is 0 Å². The number of rotatable bonds is 9. The van der Waals surface area contributed by atoms with E-state index in [0.717, 1.165) is 30.6 Å². The zero-order valence-electron chi connectivity index (χ0n) is 11.6. The summed E-state index contributed by atoms with van der Waals surface area (Å²) in [7, 11) is 0. The van der Waals surface area contributed by atoms with Gasteiger partial charge >= 0.3 is 5.97 Å². The first-order chi connectivity index (χ1) is 9.26. The van der Waals surface area contributed by atoms with Crippen LogP contribution in [0.15, 0.2) is 24.3 Å². The minimum atomic E-state index is -0.112. The van der Waals surface area contributed by atoms with Gasteiger partial charge in [-0.25, -0.2) is 0 Å². The van der Waals surface area contributed by atoms with Crippen LogP contribution in [0, 0.1) is 0 Å². The Balaban J connectivity index is 2.08. The van der Waals surface area contributed by atoms with Crippen molar-refractivity contribution in [2.75, 3.05) is 13.2 Å². The normalized spacial score (nSPS) is 10.2. The molecular formula is C15H23NO3. The molecule has 0 bridgehead atoms. The Morgan fingerprint density at radius 1 is 1.26 bits per heavy atom. The largest absolute Gasteiger partial charge is 0.494 e. The Kier molecular flexibility index (Phi) is 7.66. The molecule has 1 aromatic rings. The molecule has 0 heterocycles. The first-order valence-electron chi connectivity index (χ1n) is 6.83. The molecule has 0 aromatic heterocycles. The quantitative estimate of drug-likeness (QED) is 0.551. The average Bonchev–Trinajstić information content (AvgIpc) is 2.43. The van der Waals surface area contributed by atoms with Gasteiger partial charge in [0.25, 0.3) is 0 Å². The minimum absolute atomic E-state index is 0.112. The van der Waals surface area contributed by atoms with E-state index in [4.69, 9.17) is 15.2 Å². The first-order valence-corrected chi connectivity index (χ1v) is 6.83. The number of hydrogen-bond acceptors (Lipinski definition) is 4. The van der Waals surface area contributed by atoms with Gasteiger partial charge in [-0.05, 0) is 43.9 Å². The lowest BCUT2D eigenvalue weighted by atomic mass is 10.2. The highest BCUT2D eigenvalue weighted by Gasteiger charge is 2.01. The molecule has 19 heavy (non-hydrogen) atoms. The monoisotopic (exact) mass is 265 g/mol. The van der Waals surface area contributed by atoms with Gasteiger partial charge in [0.15, 0.2) is 0 Å². The van der Waals surface area contributed by atoms with E-state index in [1.54, 1.807) is 0 Å². The van der Waals surface area contributed by atoms with E-state index in [0.29, 0.717) is 26.2 Å². The Morgan fingerprint density at radius 2 is 2.11 bits per heavy atom. The standard InChI is InChI=1S/C15H23NO3/c1-2-18-15(17)9-4-3-5-10-19-14-8-6-7-13(11-14)12-16/h6-8,11H,2-5,9-10,12,16H2,1H3. The summed E-state index contributed by atoms with van der Waals surface area (Å²) in [6.07, 6.45) is 3.25. The SMILES string of the molecule is CCOC(=O)CCCCCOc1cccc(CN)c1. The van der Waals surface area contributed by atoms with E-state index in [1.807, 2.05) is 31.2 Å². The van der Waals surface area contributed by atoms with E-state index in [1.165, 1.54) is 0 Å². The molecule has 0 aliphatic rings. The molecule has 0 spiro atoms. The molecule has 2 N–H and O–H groups in total. The third-order valence-electron chi connectivity index (χ3n) is 2.73. The van der Waals surface area contributed by atoms with E-state index in [9.17, 15) is 4.79 Å². The fourth-order valence-electron chi connectivity index (χ4n) is 1.73. The van der Waals surface area contributed by atoms with Crippen molar-refractivity contribution < 1.29 is 14.3 Å². The van der Waals surface area contributed by atoms with Crippen molar-refractivity contribution in [2.24, 2.45) is 5.73 Å². The number of nitrogens with two attached hydrogens (primary N) is 1. The zero-order chi connectivity index (χ0) is 13.9. The molecule has 0 atom stereocenters. The van der Waals surface area contributed by atoms with Gasteiger partial charge in [-0.3, -0.25) is 4.79 Å². The second-order valence-corrected chi connectivity index (χ2v) is 4.32. The summed E-state index contributed by atoms with van der Waals surface area (Å²) in [4.78, 5) is 11.1. The zero-order valence-corrected chi connectivity index (χ0v) is 11.6. The molecule has 0 aliphatic carbocycles. The van der Waals surface area contributed by atoms with Crippen molar-refractivity contribution in [1.29, 1.82) is 0 Å². The van der Waals surface area contributed by atoms with Crippen LogP contribution < -0.4 is 10.5 Å². The third kappa shape index (κ3) is 6.82. The Hall–Kier alpha value is -1.55. The topological polar surface area (TPSA) is 61.5 Å². The number of carbonyl (C=O) groups is 1. The molecule has 1 aromatic carbocycles. The van der Waals surface area contributed by atoms with Crippen molar-refractivity contribution in [3.63, 3.8) is 0 Å². The highest BCUT2D eigenvalue weighted by molar-refractivity contribution is 5.69. The lowest BCUT2D eigenvalue weighted by Gasteiger charge is -2.07. The predicted octanol–water partition coefficient (Wildman–Crippen LogP) is 2.65. The fraction of sp³-hybridized carbons (Fsp3) is 0.533. The van der Waals surface area contributed by atoms with Gasteiger partial charge in [0, 0.05) is 13.0 Å². The molecule has 0 fully saturated rings. The summed E-state index contributed by atoms with van der Waals surface area (Å²) < 4.78 is 10.5. The molecule has 0 unspecified atom stereocenters. The van der Waals surface area contributed by atoms with Crippen LogP contribution >= 0.6 is 0 Å². The van der Waals surface area contributed by atoms with E-state index >= 15 is 0 Å². The van der Waals surface area contributed by atoms with Crippen molar-refractivity contribution >= 4 is 5.97 Å². The number of unbranched alkanes of at least 4 members (excludes halogenated alkanes) is 2. The van der Waals surface area contributed by atoms with Gasteiger partial charge in [-0.15, -0.1) is 0 Å². The van der Waals surface area contributed by atoms with Gasteiger partial charge in [0.05, 0.1) is 13.2 Å². The lowest BCUT2D eigenvalue weighted by molar-refractivity contribution is -0.143. The van der Waals surface area contributed by atoms with E-state index in [-0.39, 0.29) is 5.97 Å². The van der Waals surface area contributed by atoms with Gasteiger partial charge in [0.2, 0.25) is 0 Å². The maximum absolute atomic E-state index is 11.1. The molecular weight excluding hydrogens is 242 g/mol. The van der Waals surface area contributed by atoms with E-state index in [2.05, 4.69) is 0 Å². The molecule has 0 radical (unpaired) electrons. The number of esters is 1. The molecule has 1 rings (SSSR count). The highest BCUT2D eigenvalue weighted by Crippen LogP contribution is 2.13. The Labute approximate surface area is 114 Å². The van der Waals surface area contributed by atoms with Crippen LogP contribution in [0.4, 0.5) is 0 Å². The van der Waals surface area contributed by atoms with Gasteiger partial charge in [0.1, 0.15) is 5.75 Å². The van der Waals surface area contributed by atoms with Crippen molar-refractivity contribution in [1.82, 2.24) is 0 Å². The lowest BCUT2D eigenvalue weighted by Crippen LogP contribution is -2.04. The van der Waals surface area contributed by atoms with Crippen LogP contribution in [0.2, 0.25) is 0 Å². The summed E-state index contributed by atoms with van der Waals surface area (Å²) in [6.45, 7) is 3.47. The fourth-order valence-corrected chi connectivity index (χ4v) is 1.73. The summed E-state index contributed by atoms with van der Waals surface area (Å²) in [5.41, 5.74) is 6.64. The van der Waals surface area contributed by atoms with Crippen LogP contribution in [-0.4, -0.2) is 19.2 Å². The molecule has 0 saturated carbocycles. The second-order valence-electron chi connectivity index (χ2n) is 4.32. The van der Waals surface area contributed by atoms with E-state index < -0.39 is 0 Å². The Bertz CT molecular complexity index is 379. The van der Waals surface area contributed by atoms with Crippen LogP contribution in [0.5, 0.6) is 5.75 Å². The number of carbonyl (C=O) groups excluding carboxylic acids is 1. The molecule has 4 nitrogen and oxygen atoms in total. The molecule has 106 valence electrons. The molecule has 0 aliphatic heterocycles. The Morgan fingerprint density at radius 3 is 2.84 bits per heavy atom. The predicted molar refractivity (Wildman–Crippen MR) is 74.9 cm³/mol. The summed E-state index contributed by atoms with van der Waals surface area (Å²) in [5, 5.41) is 0.